The van der Waals surface area contributed by atoms with E-state index in [1.54, 1.807) is 5.56 Å². The number of rotatable bonds is 7. The van der Waals surface area contributed by atoms with E-state index >= 15 is 0 Å². The third-order valence-corrected chi connectivity index (χ3v) is 12.3. The molecule has 4 aliphatic carbocycles. The molecule has 4 nitrogen and oxygen atoms in total. The van der Waals surface area contributed by atoms with Crippen LogP contribution in [0.3, 0.4) is 0 Å². The Hall–Kier alpha value is -6.18. The predicted octanol–water partition coefficient (Wildman–Crippen LogP) is 12.9. The molecule has 4 bridgehead atoms. The minimum Gasteiger partial charge on any atom is -0.238 e. The van der Waals surface area contributed by atoms with Gasteiger partial charge in [0.05, 0.1) is 6.57 Å². The van der Waals surface area contributed by atoms with Crippen LogP contribution in [0.5, 0.6) is 0 Å². The average molecular weight is 697 g/mol. The SMILES string of the molecule is [C-]#[N+]c1cccc(-c2nc(-c3ccc(-c4ccc(C56CC7CC(CC(C7)C5)C6)cc4)cc3)nc(-c3cc(-c4ccccc4)cc(-c4ccccc4)c3)n2)c1. The van der Waals surface area contributed by atoms with Crippen molar-refractivity contribution in [3.8, 4) is 67.5 Å². The Morgan fingerprint density at radius 3 is 1.37 bits per heavy atom. The van der Waals surface area contributed by atoms with E-state index in [1.165, 1.54) is 49.7 Å². The van der Waals surface area contributed by atoms with E-state index in [-0.39, 0.29) is 0 Å². The zero-order chi connectivity index (χ0) is 36.1. The van der Waals surface area contributed by atoms with Gasteiger partial charge in [0.15, 0.2) is 23.2 Å². The molecule has 0 saturated heterocycles. The molecule has 54 heavy (non-hydrogen) atoms. The van der Waals surface area contributed by atoms with Crippen molar-refractivity contribution in [3.63, 3.8) is 0 Å². The van der Waals surface area contributed by atoms with Gasteiger partial charge in [0, 0.05) is 16.7 Å². The first kappa shape index (κ1) is 32.5. The number of benzene rings is 6. The van der Waals surface area contributed by atoms with E-state index in [2.05, 4.69) is 120 Å². The van der Waals surface area contributed by atoms with Crippen LogP contribution < -0.4 is 0 Å². The Bertz CT molecular complexity index is 2420. The molecule has 1 heterocycles. The molecule has 0 spiro atoms. The molecular weight excluding hydrogens is 657 g/mol. The maximum absolute atomic E-state index is 7.63. The monoisotopic (exact) mass is 696 g/mol. The summed E-state index contributed by atoms with van der Waals surface area (Å²) >= 11 is 0. The molecule has 7 aromatic rings. The molecule has 1 aromatic heterocycles. The van der Waals surface area contributed by atoms with Crippen LogP contribution >= 0.6 is 0 Å². The van der Waals surface area contributed by atoms with Crippen LogP contribution in [0.1, 0.15) is 44.1 Å². The predicted molar refractivity (Wildman–Crippen MR) is 219 cm³/mol. The van der Waals surface area contributed by atoms with E-state index in [0.717, 1.165) is 56.7 Å². The van der Waals surface area contributed by atoms with Crippen LogP contribution in [0.15, 0.2) is 152 Å². The molecule has 4 fully saturated rings. The van der Waals surface area contributed by atoms with Crippen molar-refractivity contribution in [3.05, 3.63) is 169 Å². The van der Waals surface area contributed by atoms with E-state index in [9.17, 15) is 0 Å². The van der Waals surface area contributed by atoms with Gasteiger partial charge in [-0.1, -0.05) is 127 Å². The van der Waals surface area contributed by atoms with Gasteiger partial charge in [-0.3, -0.25) is 0 Å². The molecule has 6 aromatic carbocycles. The Labute approximate surface area is 317 Å². The van der Waals surface area contributed by atoms with Crippen molar-refractivity contribution in [1.29, 1.82) is 0 Å². The third-order valence-electron chi connectivity index (χ3n) is 12.3. The van der Waals surface area contributed by atoms with Crippen LogP contribution in [-0.2, 0) is 5.41 Å². The van der Waals surface area contributed by atoms with Crippen molar-refractivity contribution in [2.24, 2.45) is 17.8 Å². The molecule has 4 aliphatic rings. The van der Waals surface area contributed by atoms with Crippen LogP contribution in [0.25, 0.3) is 72.4 Å². The van der Waals surface area contributed by atoms with Gasteiger partial charge >= 0.3 is 0 Å². The van der Waals surface area contributed by atoms with Gasteiger partial charge in [-0.2, -0.15) is 0 Å². The number of aromatic nitrogens is 3. The smallest absolute Gasteiger partial charge is 0.187 e. The summed E-state index contributed by atoms with van der Waals surface area (Å²) in [6, 6.07) is 53.0. The quantitative estimate of drug-likeness (QED) is 0.156. The average Bonchev–Trinajstić information content (AvgIpc) is 3.23. The molecule has 0 unspecified atom stereocenters. The Morgan fingerprint density at radius 1 is 0.407 bits per heavy atom. The van der Waals surface area contributed by atoms with Crippen molar-refractivity contribution < 1.29 is 0 Å². The summed E-state index contributed by atoms with van der Waals surface area (Å²) in [4.78, 5) is 18.9. The minimum atomic E-state index is 0.405. The summed E-state index contributed by atoms with van der Waals surface area (Å²) < 4.78 is 0. The fraction of sp³-hybridized carbons (Fsp3) is 0.200. The molecule has 0 amide bonds. The highest BCUT2D eigenvalue weighted by molar-refractivity contribution is 5.80. The zero-order valence-corrected chi connectivity index (χ0v) is 30.2. The fourth-order valence-corrected chi connectivity index (χ4v) is 10.1. The zero-order valence-electron chi connectivity index (χ0n) is 30.2. The Kier molecular flexibility index (Phi) is 8.02. The third kappa shape index (κ3) is 6.10. The van der Waals surface area contributed by atoms with Crippen molar-refractivity contribution >= 4 is 5.69 Å². The van der Waals surface area contributed by atoms with Gasteiger partial charge < -0.3 is 0 Å². The summed E-state index contributed by atoms with van der Waals surface area (Å²) in [5.74, 6) is 4.54. The summed E-state index contributed by atoms with van der Waals surface area (Å²) in [6.45, 7) is 7.63. The van der Waals surface area contributed by atoms with Gasteiger partial charge in [0.2, 0.25) is 0 Å². The van der Waals surface area contributed by atoms with Crippen molar-refractivity contribution in [1.82, 2.24) is 15.0 Å². The second-order valence-corrected chi connectivity index (χ2v) is 15.9. The summed E-state index contributed by atoms with van der Waals surface area (Å²) in [5, 5.41) is 0. The van der Waals surface area contributed by atoms with Crippen molar-refractivity contribution in [2.75, 3.05) is 0 Å². The van der Waals surface area contributed by atoms with Crippen LogP contribution in [0.2, 0.25) is 0 Å². The highest BCUT2D eigenvalue weighted by Crippen LogP contribution is 2.60. The first-order chi connectivity index (χ1) is 26.6. The molecule has 0 N–H and O–H groups in total. The lowest BCUT2D eigenvalue weighted by Gasteiger charge is -2.57. The van der Waals surface area contributed by atoms with E-state index in [4.69, 9.17) is 21.5 Å². The molecule has 11 rings (SSSR count). The highest BCUT2D eigenvalue weighted by Gasteiger charge is 2.51. The molecule has 0 atom stereocenters. The minimum absolute atomic E-state index is 0.405. The molecular formula is C50H40N4. The van der Waals surface area contributed by atoms with Crippen LogP contribution in [0, 0.1) is 24.3 Å². The van der Waals surface area contributed by atoms with Crippen molar-refractivity contribution in [2.45, 2.75) is 43.9 Å². The highest BCUT2D eigenvalue weighted by atomic mass is 15.0. The van der Waals surface area contributed by atoms with Gasteiger partial charge in [0.25, 0.3) is 0 Å². The lowest BCUT2D eigenvalue weighted by molar-refractivity contribution is -0.00518. The summed E-state index contributed by atoms with van der Waals surface area (Å²) in [7, 11) is 0. The maximum Gasteiger partial charge on any atom is 0.187 e. The standard InChI is InChI=1S/C50H40N4/c1-51-46-14-8-13-41(29-46)48-52-47(53-49(54-48)44-27-42(36-9-4-2-5-10-36)26-43(28-44)37-11-6-3-7-12-37)40-17-15-38(16-18-40)39-19-21-45(22-20-39)50-30-33-23-34(31-50)25-35(24-33)32-50/h2-22,26-29,33-35H,23-25,30-32H2. The van der Waals surface area contributed by atoms with Gasteiger partial charge in [-0.15, -0.1) is 0 Å². The van der Waals surface area contributed by atoms with E-state index < -0.39 is 0 Å². The lowest BCUT2D eigenvalue weighted by atomic mass is 9.48. The molecule has 260 valence electrons. The van der Waals surface area contributed by atoms with E-state index in [0.29, 0.717) is 28.6 Å². The first-order valence-corrected chi connectivity index (χ1v) is 19.3. The second kappa shape index (κ2) is 13.3. The van der Waals surface area contributed by atoms with Gasteiger partial charge in [-0.05, 0) is 125 Å². The van der Waals surface area contributed by atoms with Crippen LogP contribution in [0.4, 0.5) is 5.69 Å². The molecule has 0 aliphatic heterocycles. The normalized spacial score (nSPS) is 21.1. The topological polar surface area (TPSA) is 43.0 Å². The summed E-state index contributed by atoms with van der Waals surface area (Å²) in [5.41, 5.74) is 11.9. The number of hydrogen-bond acceptors (Lipinski definition) is 3. The largest absolute Gasteiger partial charge is 0.238 e. The van der Waals surface area contributed by atoms with Gasteiger partial charge in [-0.25, -0.2) is 19.8 Å². The maximum atomic E-state index is 7.63. The number of nitrogens with zero attached hydrogens (tertiary/aromatic N) is 4. The fourth-order valence-electron chi connectivity index (χ4n) is 10.1. The lowest BCUT2D eigenvalue weighted by Crippen LogP contribution is -2.48. The first-order valence-electron chi connectivity index (χ1n) is 19.3. The number of hydrogen-bond donors (Lipinski definition) is 0. The second-order valence-electron chi connectivity index (χ2n) is 15.9. The Balaban J connectivity index is 1.03. The van der Waals surface area contributed by atoms with Crippen LogP contribution in [-0.4, -0.2) is 15.0 Å². The molecule has 4 saturated carbocycles. The van der Waals surface area contributed by atoms with E-state index in [1.807, 2.05) is 36.4 Å². The summed E-state index contributed by atoms with van der Waals surface area (Å²) in [6.07, 6.45) is 8.56. The Morgan fingerprint density at radius 2 is 0.833 bits per heavy atom. The molecule has 0 radical (unpaired) electrons. The molecule has 4 heteroatoms. The van der Waals surface area contributed by atoms with Gasteiger partial charge in [0.1, 0.15) is 0 Å².